The van der Waals surface area contributed by atoms with Gasteiger partial charge in [0.25, 0.3) is 5.91 Å². The van der Waals surface area contributed by atoms with E-state index in [4.69, 9.17) is 15.2 Å². The second kappa shape index (κ2) is 7.59. The molecule has 0 fully saturated rings. The highest BCUT2D eigenvalue weighted by atomic mass is 32.1. The number of ether oxygens (including phenoxy) is 2. The number of hydrogen-bond donors (Lipinski definition) is 2. The van der Waals surface area contributed by atoms with Crippen molar-refractivity contribution >= 4 is 28.6 Å². The van der Waals surface area contributed by atoms with Crippen LogP contribution in [0.5, 0.6) is 11.5 Å². The van der Waals surface area contributed by atoms with E-state index >= 15 is 0 Å². The molecule has 122 valence electrons. The minimum atomic E-state index is -0.339. The summed E-state index contributed by atoms with van der Waals surface area (Å²) >= 11 is 1.14. The number of carbonyl (C=O) groups is 1. The summed E-state index contributed by atoms with van der Waals surface area (Å²) in [5.74, 6) is 0.955. The molecule has 1 aromatic carbocycles. The van der Waals surface area contributed by atoms with E-state index in [0.29, 0.717) is 39.2 Å². The number of anilines is 1. The first kappa shape index (κ1) is 16.8. The molecule has 7 nitrogen and oxygen atoms in total. The summed E-state index contributed by atoms with van der Waals surface area (Å²) in [6, 6.07) is 5.31. The number of nitrogens with two attached hydrogens (primary N) is 1. The van der Waals surface area contributed by atoms with Gasteiger partial charge in [-0.1, -0.05) is 18.3 Å². The van der Waals surface area contributed by atoms with Crippen molar-refractivity contribution in [3.63, 3.8) is 0 Å². The van der Waals surface area contributed by atoms with E-state index in [2.05, 4.69) is 15.5 Å². The van der Waals surface area contributed by atoms with Crippen LogP contribution in [0.2, 0.25) is 0 Å². The summed E-state index contributed by atoms with van der Waals surface area (Å²) in [4.78, 5) is 16.7. The topological polar surface area (TPSA) is 98.8 Å². The van der Waals surface area contributed by atoms with Gasteiger partial charge < -0.3 is 15.2 Å². The van der Waals surface area contributed by atoms with Crippen molar-refractivity contribution in [1.82, 2.24) is 10.4 Å². The van der Waals surface area contributed by atoms with Crippen molar-refractivity contribution in [3.8, 4) is 11.5 Å². The molecule has 0 saturated heterocycles. The first-order chi connectivity index (χ1) is 11.1. The van der Waals surface area contributed by atoms with Crippen LogP contribution in [0.15, 0.2) is 23.3 Å². The van der Waals surface area contributed by atoms with Crippen LogP contribution in [-0.2, 0) is 6.42 Å². The Morgan fingerprint density at radius 3 is 2.87 bits per heavy atom. The summed E-state index contributed by atoms with van der Waals surface area (Å²) in [5, 5.41) is 4.33. The maximum atomic E-state index is 12.1. The molecule has 0 aliphatic carbocycles. The van der Waals surface area contributed by atoms with Gasteiger partial charge in [0.1, 0.15) is 16.4 Å². The lowest BCUT2D eigenvalue weighted by Crippen LogP contribution is -2.17. The van der Waals surface area contributed by atoms with E-state index in [1.165, 1.54) is 6.21 Å². The molecule has 1 aromatic heterocycles. The van der Waals surface area contributed by atoms with E-state index in [0.717, 1.165) is 11.3 Å². The van der Waals surface area contributed by atoms with Gasteiger partial charge in [-0.05, 0) is 24.6 Å². The number of nitrogen functional groups attached to an aromatic ring is 1. The van der Waals surface area contributed by atoms with Gasteiger partial charge in [-0.2, -0.15) is 5.10 Å². The first-order valence-corrected chi connectivity index (χ1v) is 7.71. The number of benzene rings is 1. The molecule has 0 aliphatic rings. The number of hydrogen-bond acceptors (Lipinski definition) is 7. The van der Waals surface area contributed by atoms with Crippen LogP contribution in [0.4, 0.5) is 5.13 Å². The number of thiazole rings is 1. The normalized spacial score (nSPS) is 10.7. The Morgan fingerprint density at radius 1 is 1.43 bits per heavy atom. The minimum Gasteiger partial charge on any atom is -0.497 e. The van der Waals surface area contributed by atoms with Crippen molar-refractivity contribution in [3.05, 3.63) is 34.3 Å². The first-order valence-electron chi connectivity index (χ1n) is 6.89. The average molecular weight is 334 g/mol. The molecule has 0 bridgehead atoms. The Bertz CT molecular complexity index is 728. The second-order valence-corrected chi connectivity index (χ2v) is 5.52. The van der Waals surface area contributed by atoms with Crippen LogP contribution in [-0.4, -0.2) is 31.3 Å². The number of methoxy groups -OCH3 is 2. The second-order valence-electron chi connectivity index (χ2n) is 4.49. The molecule has 0 spiro atoms. The Labute approximate surface area is 138 Å². The van der Waals surface area contributed by atoms with Gasteiger partial charge in [-0.3, -0.25) is 4.79 Å². The fourth-order valence-corrected chi connectivity index (χ4v) is 2.75. The van der Waals surface area contributed by atoms with Crippen LogP contribution >= 0.6 is 11.3 Å². The molecule has 0 aliphatic heterocycles. The molecule has 2 aromatic rings. The predicted octanol–water partition coefficient (Wildman–Crippen LogP) is 2.07. The summed E-state index contributed by atoms with van der Waals surface area (Å²) in [7, 11) is 3.14. The lowest BCUT2D eigenvalue weighted by atomic mass is 10.2. The van der Waals surface area contributed by atoms with Crippen LogP contribution in [0.25, 0.3) is 0 Å². The molecule has 0 unspecified atom stereocenters. The zero-order valence-electron chi connectivity index (χ0n) is 13.1. The molecule has 2 rings (SSSR count). The van der Waals surface area contributed by atoms with Crippen molar-refractivity contribution in [1.29, 1.82) is 0 Å². The lowest BCUT2D eigenvalue weighted by Gasteiger charge is -2.06. The number of nitrogens with zero attached hydrogens (tertiary/aromatic N) is 2. The third-order valence-corrected chi connectivity index (χ3v) is 3.99. The highest BCUT2D eigenvalue weighted by Crippen LogP contribution is 2.23. The number of aromatic nitrogens is 1. The number of carbonyl (C=O) groups excluding carboxylic acids is 1. The number of hydrazone groups is 1. The third-order valence-electron chi connectivity index (χ3n) is 3.06. The summed E-state index contributed by atoms with van der Waals surface area (Å²) in [6.45, 7) is 1.91. The molecule has 8 heteroatoms. The fourth-order valence-electron chi connectivity index (χ4n) is 1.94. The SMILES string of the molecule is CCc1nc(N)sc1C(=O)N/N=C/c1cc(OC)ccc1OC. The maximum Gasteiger partial charge on any atom is 0.283 e. The molecule has 1 heterocycles. The molecule has 3 N–H and O–H groups in total. The van der Waals surface area contributed by atoms with Crippen molar-refractivity contribution < 1.29 is 14.3 Å². The van der Waals surface area contributed by atoms with E-state index in [-0.39, 0.29) is 5.91 Å². The van der Waals surface area contributed by atoms with Gasteiger partial charge >= 0.3 is 0 Å². The number of rotatable bonds is 6. The fraction of sp³-hybridized carbons (Fsp3) is 0.267. The number of aryl methyl sites for hydroxylation is 1. The Kier molecular flexibility index (Phi) is 5.53. The molecule has 1 amide bonds. The van der Waals surface area contributed by atoms with E-state index in [9.17, 15) is 4.79 Å². The monoisotopic (exact) mass is 334 g/mol. The van der Waals surface area contributed by atoms with Crippen molar-refractivity contribution in [2.75, 3.05) is 20.0 Å². The third kappa shape index (κ3) is 3.98. The number of amides is 1. The largest absolute Gasteiger partial charge is 0.497 e. The maximum absolute atomic E-state index is 12.1. The van der Waals surface area contributed by atoms with Gasteiger partial charge in [0.05, 0.1) is 26.1 Å². The van der Waals surface area contributed by atoms with Gasteiger partial charge in [-0.25, -0.2) is 10.4 Å². The summed E-state index contributed by atoms with van der Waals surface area (Å²) in [6.07, 6.45) is 2.12. The highest BCUT2D eigenvalue weighted by molar-refractivity contribution is 7.17. The van der Waals surface area contributed by atoms with Crippen molar-refractivity contribution in [2.45, 2.75) is 13.3 Å². The zero-order valence-corrected chi connectivity index (χ0v) is 13.9. The number of nitrogens with one attached hydrogen (secondary N) is 1. The Morgan fingerprint density at radius 2 is 2.22 bits per heavy atom. The zero-order chi connectivity index (χ0) is 16.8. The average Bonchev–Trinajstić information content (AvgIpc) is 2.95. The van der Waals surface area contributed by atoms with E-state index in [1.54, 1.807) is 32.4 Å². The summed E-state index contributed by atoms with van der Waals surface area (Å²) in [5.41, 5.74) is 9.47. The smallest absolute Gasteiger partial charge is 0.283 e. The molecular formula is C15H18N4O3S. The van der Waals surface area contributed by atoms with Gasteiger partial charge in [-0.15, -0.1) is 0 Å². The van der Waals surface area contributed by atoms with Crippen LogP contribution in [0.1, 0.15) is 27.9 Å². The minimum absolute atomic E-state index is 0.339. The predicted molar refractivity (Wildman–Crippen MR) is 90.5 cm³/mol. The van der Waals surface area contributed by atoms with Gasteiger partial charge in [0, 0.05) is 5.56 Å². The standard InChI is InChI=1S/C15H18N4O3S/c1-4-11-13(23-15(16)18-11)14(20)19-17-8-9-7-10(21-2)5-6-12(9)22-3/h5-8H,4H2,1-3H3,(H2,16,18)(H,19,20)/b17-8+. The van der Waals surface area contributed by atoms with Crippen LogP contribution in [0, 0.1) is 0 Å². The summed E-state index contributed by atoms with van der Waals surface area (Å²) < 4.78 is 10.4. The van der Waals surface area contributed by atoms with Crippen LogP contribution in [0.3, 0.4) is 0 Å². The highest BCUT2D eigenvalue weighted by Gasteiger charge is 2.15. The van der Waals surface area contributed by atoms with Gasteiger partial charge in [0.15, 0.2) is 5.13 Å². The quantitative estimate of drug-likeness (QED) is 0.622. The van der Waals surface area contributed by atoms with E-state index in [1.807, 2.05) is 6.92 Å². The van der Waals surface area contributed by atoms with Crippen LogP contribution < -0.4 is 20.6 Å². The Balaban J connectivity index is 2.13. The molecule has 23 heavy (non-hydrogen) atoms. The van der Waals surface area contributed by atoms with E-state index < -0.39 is 0 Å². The Hall–Kier alpha value is -2.61. The van der Waals surface area contributed by atoms with Crippen molar-refractivity contribution in [2.24, 2.45) is 5.10 Å². The lowest BCUT2D eigenvalue weighted by molar-refractivity contribution is 0.0958. The molecule has 0 radical (unpaired) electrons. The van der Waals surface area contributed by atoms with Gasteiger partial charge in [0.2, 0.25) is 0 Å². The molecular weight excluding hydrogens is 316 g/mol. The molecule has 0 atom stereocenters. The molecule has 0 saturated carbocycles.